The highest BCUT2D eigenvalue weighted by Crippen LogP contribution is 2.35. The molecule has 1 fully saturated rings. The lowest BCUT2D eigenvalue weighted by Crippen LogP contribution is -2.58. The summed E-state index contributed by atoms with van der Waals surface area (Å²) in [6.45, 7) is 11.7. The molecular formula is C30H31FN6O2S. The first-order valence-corrected chi connectivity index (χ1v) is 13.9. The quantitative estimate of drug-likeness (QED) is 0.293. The zero-order valence-corrected chi connectivity index (χ0v) is 23.6. The summed E-state index contributed by atoms with van der Waals surface area (Å²) in [7, 11) is 0. The molecule has 206 valence electrons. The summed E-state index contributed by atoms with van der Waals surface area (Å²) in [5, 5.41) is 0.898. The molecule has 0 bridgehead atoms. The summed E-state index contributed by atoms with van der Waals surface area (Å²) in [6, 6.07) is 7.68. The van der Waals surface area contributed by atoms with Crippen molar-refractivity contribution in [2.75, 3.05) is 18.0 Å². The summed E-state index contributed by atoms with van der Waals surface area (Å²) in [6.07, 6.45) is 2.60. The molecule has 0 N–H and O–H groups in total. The molecule has 10 heteroatoms. The molecule has 0 spiro atoms. The number of halogens is 1. The fourth-order valence-electron chi connectivity index (χ4n) is 5.37. The van der Waals surface area contributed by atoms with Gasteiger partial charge in [-0.1, -0.05) is 57.3 Å². The molecule has 0 saturated carbocycles. The zero-order chi connectivity index (χ0) is 30.3. The number of thiazole rings is 1. The fourth-order valence-corrected chi connectivity index (χ4v) is 6.32. The van der Waals surface area contributed by atoms with Crippen LogP contribution in [0.4, 0.5) is 10.2 Å². The van der Waals surface area contributed by atoms with Gasteiger partial charge in [-0.3, -0.25) is 4.79 Å². The summed E-state index contributed by atoms with van der Waals surface area (Å²) >= 11 is 1.28. The molecule has 4 aromatic rings. The number of carbonyl (C=O) groups is 1. The highest BCUT2D eigenvalue weighted by atomic mass is 32.1. The van der Waals surface area contributed by atoms with Crippen molar-refractivity contribution in [3.63, 3.8) is 0 Å². The third-order valence-electron chi connectivity index (χ3n) is 7.15. The van der Waals surface area contributed by atoms with E-state index in [9.17, 15) is 9.59 Å². The summed E-state index contributed by atoms with van der Waals surface area (Å²) in [5.74, 6) is -0.524. The molecule has 0 radical (unpaired) electrons. The van der Waals surface area contributed by atoms with E-state index in [0.717, 1.165) is 0 Å². The van der Waals surface area contributed by atoms with Gasteiger partial charge in [0.1, 0.15) is 22.3 Å². The lowest BCUT2D eigenvalue weighted by molar-refractivity contribution is -0.127. The molecule has 0 aliphatic carbocycles. The van der Waals surface area contributed by atoms with Crippen LogP contribution in [0.3, 0.4) is 0 Å². The van der Waals surface area contributed by atoms with Gasteiger partial charge in [0.15, 0.2) is 5.65 Å². The Labute approximate surface area is 238 Å². The minimum Gasteiger partial charge on any atom is -0.347 e. The van der Waals surface area contributed by atoms with E-state index in [0.29, 0.717) is 46.1 Å². The zero-order valence-electron chi connectivity index (χ0n) is 24.8. The Kier molecular flexibility index (Phi) is 6.68. The van der Waals surface area contributed by atoms with Crippen molar-refractivity contribution in [3.8, 4) is 16.3 Å². The van der Waals surface area contributed by atoms with Gasteiger partial charge in [-0.2, -0.15) is 4.98 Å². The SMILES string of the molecule is [2H]C([2H])=Cc1ccccc1-c1nc2c(cc1F)c(N1[C@@H](C)CN(C(=O)C=C)C[C@@H]1C)nc(=O)n2-c1scnc1C(C)C. The Bertz CT molecular complexity index is 1770. The van der Waals surface area contributed by atoms with E-state index in [-0.39, 0.29) is 35.2 Å². The van der Waals surface area contributed by atoms with Gasteiger partial charge in [-0.05, 0) is 37.5 Å². The average Bonchev–Trinajstić information content (AvgIpc) is 3.42. The standard InChI is InChI=1S/C30H31FN6O2S/c1-7-20-11-9-10-12-21(20)26-23(31)13-22-27(33-26)37(29-25(17(3)4)32-16-40-29)30(39)34-28(22)36-18(5)14-35(15-19(36)6)24(38)8-2/h7-13,16-19H,1-2,14-15H2,3-6H3/t18-,19-/m0/s1/i1D2. The highest BCUT2D eigenvalue weighted by molar-refractivity contribution is 7.12. The van der Waals surface area contributed by atoms with Crippen LogP contribution in [0.25, 0.3) is 33.4 Å². The maximum atomic E-state index is 16.1. The number of amides is 1. The largest absolute Gasteiger partial charge is 0.356 e. The van der Waals surface area contributed by atoms with Crippen molar-refractivity contribution in [2.45, 2.75) is 45.7 Å². The lowest BCUT2D eigenvalue weighted by Gasteiger charge is -2.45. The molecule has 40 heavy (non-hydrogen) atoms. The fraction of sp³-hybridized carbons (Fsp3) is 0.300. The molecule has 1 amide bonds. The number of pyridine rings is 1. The van der Waals surface area contributed by atoms with Crippen LogP contribution in [-0.2, 0) is 4.79 Å². The van der Waals surface area contributed by atoms with Crippen molar-refractivity contribution in [1.29, 1.82) is 0 Å². The maximum absolute atomic E-state index is 16.1. The number of hydrogen-bond acceptors (Lipinski definition) is 7. The van der Waals surface area contributed by atoms with Crippen molar-refractivity contribution in [1.82, 2.24) is 24.4 Å². The summed E-state index contributed by atoms with van der Waals surface area (Å²) in [4.78, 5) is 43.6. The number of piperazine rings is 1. The maximum Gasteiger partial charge on any atom is 0.356 e. The van der Waals surface area contributed by atoms with Gasteiger partial charge in [0.2, 0.25) is 5.91 Å². The molecule has 2 atom stereocenters. The summed E-state index contributed by atoms with van der Waals surface area (Å²) in [5.41, 5.74) is 2.82. The smallest absolute Gasteiger partial charge is 0.347 e. The topological polar surface area (TPSA) is 84.2 Å². The van der Waals surface area contributed by atoms with Gasteiger partial charge in [-0.15, -0.1) is 11.3 Å². The molecule has 0 unspecified atom stereocenters. The van der Waals surface area contributed by atoms with Crippen molar-refractivity contribution >= 4 is 40.2 Å². The Hall–Kier alpha value is -4.18. The van der Waals surface area contributed by atoms with E-state index < -0.39 is 18.0 Å². The number of nitrogens with zero attached hydrogens (tertiary/aromatic N) is 6. The van der Waals surface area contributed by atoms with Crippen LogP contribution in [0.1, 0.15) is 47.6 Å². The van der Waals surface area contributed by atoms with E-state index in [1.54, 1.807) is 34.7 Å². The third kappa shape index (κ3) is 4.62. The number of benzene rings is 1. The second-order valence-electron chi connectivity index (χ2n) is 10.2. The van der Waals surface area contributed by atoms with Gasteiger partial charge in [-0.25, -0.2) is 23.7 Å². The monoisotopic (exact) mass is 560 g/mol. The average molecular weight is 561 g/mol. The Balaban J connectivity index is 1.81. The number of hydrogen-bond donors (Lipinski definition) is 0. The molecular weight excluding hydrogens is 527 g/mol. The number of carbonyl (C=O) groups excluding carboxylic acids is 1. The molecule has 1 aliphatic heterocycles. The van der Waals surface area contributed by atoms with E-state index >= 15 is 4.39 Å². The third-order valence-corrected chi connectivity index (χ3v) is 7.97. The van der Waals surface area contributed by atoms with Gasteiger partial charge in [0.05, 0.1) is 19.3 Å². The molecule has 3 aromatic heterocycles. The number of anilines is 1. The van der Waals surface area contributed by atoms with Crippen LogP contribution >= 0.6 is 11.3 Å². The van der Waals surface area contributed by atoms with Gasteiger partial charge >= 0.3 is 5.69 Å². The predicted octanol–water partition coefficient (Wildman–Crippen LogP) is 5.42. The van der Waals surface area contributed by atoms with E-state index in [1.165, 1.54) is 34.1 Å². The van der Waals surface area contributed by atoms with Gasteiger partial charge < -0.3 is 9.80 Å². The molecule has 5 rings (SSSR count). The van der Waals surface area contributed by atoms with Crippen LogP contribution in [0, 0.1) is 5.82 Å². The van der Waals surface area contributed by atoms with Gasteiger partial charge in [0.25, 0.3) is 0 Å². The second-order valence-corrected chi connectivity index (χ2v) is 11.1. The highest BCUT2D eigenvalue weighted by Gasteiger charge is 2.34. The van der Waals surface area contributed by atoms with E-state index in [2.05, 4.69) is 16.5 Å². The summed E-state index contributed by atoms with van der Waals surface area (Å²) < 4.78 is 32.7. The first-order chi connectivity index (χ1) is 20.0. The number of rotatable bonds is 6. The lowest BCUT2D eigenvalue weighted by atomic mass is 10.0. The minimum absolute atomic E-state index is 0.00158. The van der Waals surface area contributed by atoms with Crippen LogP contribution in [-0.4, -0.2) is 55.5 Å². The molecule has 4 heterocycles. The van der Waals surface area contributed by atoms with Crippen molar-refractivity contribution in [2.24, 2.45) is 0 Å². The normalized spacial score (nSPS) is 18.1. The first-order valence-electron chi connectivity index (χ1n) is 14.0. The number of fused-ring (bicyclic) bond motifs is 1. The Morgan fingerprint density at radius 1 is 1.23 bits per heavy atom. The molecule has 1 saturated heterocycles. The van der Waals surface area contributed by atoms with Gasteiger partial charge in [0, 0.05) is 30.7 Å². The second kappa shape index (κ2) is 10.8. The van der Waals surface area contributed by atoms with Crippen molar-refractivity contribution in [3.05, 3.63) is 82.6 Å². The van der Waals surface area contributed by atoms with Crippen molar-refractivity contribution < 1.29 is 11.9 Å². The van der Waals surface area contributed by atoms with Crippen LogP contribution in [0.2, 0.25) is 0 Å². The van der Waals surface area contributed by atoms with Crippen LogP contribution in [0.5, 0.6) is 0 Å². The Morgan fingerprint density at radius 3 is 2.62 bits per heavy atom. The minimum atomic E-state index is -0.637. The van der Waals surface area contributed by atoms with Crippen LogP contribution < -0.4 is 10.6 Å². The number of aromatic nitrogens is 4. The predicted molar refractivity (Wildman–Crippen MR) is 159 cm³/mol. The molecule has 8 nitrogen and oxygen atoms in total. The first kappa shape index (κ1) is 24.8. The molecule has 1 aliphatic rings. The van der Waals surface area contributed by atoms with E-state index in [1.807, 2.05) is 32.6 Å². The Morgan fingerprint density at radius 2 is 1.95 bits per heavy atom. The van der Waals surface area contributed by atoms with Crippen LogP contribution in [0.15, 0.2) is 59.8 Å². The van der Waals surface area contributed by atoms with E-state index in [4.69, 9.17) is 7.73 Å². The molecule has 1 aromatic carbocycles.